The zero-order valence-corrected chi connectivity index (χ0v) is 15.1. The number of rotatable bonds is 6. The Balaban J connectivity index is 1.69. The molecule has 2 aromatic carbocycles. The number of hydrogen-bond acceptors (Lipinski definition) is 3. The Morgan fingerprint density at radius 3 is 2.62 bits per heavy atom. The van der Waals surface area contributed by atoms with Crippen LogP contribution in [-0.2, 0) is 12.8 Å². The van der Waals surface area contributed by atoms with Crippen LogP contribution >= 0.6 is 0 Å². The van der Waals surface area contributed by atoms with E-state index in [-0.39, 0.29) is 12.0 Å². The maximum atomic E-state index is 13.4. The number of benzene rings is 2. The highest BCUT2D eigenvalue weighted by atomic mass is 19.1. The van der Waals surface area contributed by atoms with Crippen molar-refractivity contribution in [3.8, 4) is 5.75 Å². The van der Waals surface area contributed by atoms with Crippen molar-refractivity contribution in [2.24, 2.45) is 5.92 Å². The Morgan fingerprint density at radius 2 is 1.92 bits per heavy atom. The fraction of sp³-hybridized carbons (Fsp3) is 0.429. The molecule has 3 unspecified atom stereocenters. The van der Waals surface area contributed by atoms with Gasteiger partial charge in [0.25, 0.3) is 0 Å². The van der Waals surface area contributed by atoms with E-state index in [1.807, 2.05) is 19.1 Å². The van der Waals surface area contributed by atoms with Crippen LogP contribution in [0.2, 0.25) is 0 Å². The summed E-state index contributed by atoms with van der Waals surface area (Å²) in [6.07, 6.45) is 2.61. The maximum Gasteiger partial charge on any atom is 0.126 e. The van der Waals surface area contributed by atoms with Crippen LogP contribution < -0.4 is 10.1 Å². The second kappa shape index (κ2) is 8.14. The van der Waals surface area contributed by atoms with Crippen molar-refractivity contribution < 1.29 is 18.6 Å². The molecule has 0 amide bonds. The zero-order valence-electron chi connectivity index (χ0n) is 15.1. The van der Waals surface area contributed by atoms with Gasteiger partial charge < -0.3 is 9.84 Å². The minimum atomic E-state index is -0.775. The summed E-state index contributed by atoms with van der Waals surface area (Å²) < 4.78 is 32.0. The van der Waals surface area contributed by atoms with Crippen LogP contribution in [0.25, 0.3) is 0 Å². The van der Waals surface area contributed by atoms with Crippen molar-refractivity contribution in [1.29, 1.82) is 0 Å². The van der Waals surface area contributed by atoms with Gasteiger partial charge in [-0.1, -0.05) is 13.0 Å². The van der Waals surface area contributed by atoms with Crippen molar-refractivity contribution in [2.45, 2.75) is 44.9 Å². The second-order valence-corrected chi connectivity index (χ2v) is 7.08. The quantitative estimate of drug-likeness (QED) is 0.760. The van der Waals surface area contributed by atoms with Gasteiger partial charge in [-0.2, -0.15) is 0 Å². The van der Waals surface area contributed by atoms with Gasteiger partial charge in [-0.3, -0.25) is 5.32 Å². The predicted molar refractivity (Wildman–Crippen MR) is 97.0 cm³/mol. The molecule has 3 rings (SSSR count). The molecule has 26 heavy (non-hydrogen) atoms. The summed E-state index contributed by atoms with van der Waals surface area (Å²) in [7, 11) is 1.64. The summed E-state index contributed by atoms with van der Waals surface area (Å²) in [6.45, 7) is 1.87. The van der Waals surface area contributed by atoms with Gasteiger partial charge >= 0.3 is 0 Å². The van der Waals surface area contributed by atoms with Crippen molar-refractivity contribution in [2.75, 3.05) is 7.11 Å². The Morgan fingerprint density at radius 1 is 1.19 bits per heavy atom. The Kier molecular flexibility index (Phi) is 5.89. The minimum Gasteiger partial charge on any atom is -0.497 e. The number of fused-ring (bicyclic) bond motifs is 1. The number of aliphatic hydroxyl groups is 1. The third-order valence-electron chi connectivity index (χ3n) is 5.06. The number of nitrogens with one attached hydrogen (secondary N) is 1. The molecular formula is C21H25F2NO2. The highest BCUT2D eigenvalue weighted by Gasteiger charge is 2.25. The third-order valence-corrected chi connectivity index (χ3v) is 5.06. The Labute approximate surface area is 153 Å². The van der Waals surface area contributed by atoms with Crippen LogP contribution in [0.3, 0.4) is 0 Å². The van der Waals surface area contributed by atoms with Gasteiger partial charge in [0, 0.05) is 12.1 Å². The van der Waals surface area contributed by atoms with E-state index in [0.29, 0.717) is 12.0 Å². The summed E-state index contributed by atoms with van der Waals surface area (Å²) in [5.74, 6) is -0.576. The first-order valence-corrected chi connectivity index (χ1v) is 9.02. The first-order valence-electron chi connectivity index (χ1n) is 9.02. The van der Waals surface area contributed by atoms with Gasteiger partial charge in [0.2, 0.25) is 0 Å². The van der Waals surface area contributed by atoms with E-state index in [1.54, 1.807) is 7.11 Å². The van der Waals surface area contributed by atoms with E-state index in [9.17, 15) is 13.9 Å². The fourth-order valence-corrected chi connectivity index (χ4v) is 3.66. The first kappa shape index (κ1) is 18.8. The lowest BCUT2D eigenvalue weighted by atomic mass is 9.87. The van der Waals surface area contributed by atoms with E-state index in [4.69, 9.17) is 4.74 Å². The molecule has 2 N–H and O–H groups in total. The van der Waals surface area contributed by atoms with Crippen LogP contribution in [-0.4, -0.2) is 18.4 Å². The largest absolute Gasteiger partial charge is 0.497 e. The Bertz CT molecular complexity index is 745. The number of aliphatic hydroxyl groups excluding tert-OH is 1. The summed E-state index contributed by atoms with van der Waals surface area (Å²) in [5.41, 5.74) is 2.96. The molecule has 0 bridgehead atoms. The number of methoxy groups -OCH3 is 1. The first-order chi connectivity index (χ1) is 12.5. The van der Waals surface area contributed by atoms with Crippen LogP contribution in [0, 0.1) is 17.6 Å². The van der Waals surface area contributed by atoms with E-state index < -0.39 is 17.9 Å². The highest BCUT2D eigenvalue weighted by molar-refractivity contribution is 5.39. The number of aryl methyl sites for hydroxylation is 1. The molecule has 1 aliphatic rings. The fourth-order valence-electron chi connectivity index (χ4n) is 3.66. The van der Waals surface area contributed by atoms with Gasteiger partial charge in [0.05, 0.1) is 7.11 Å². The Hall–Kier alpha value is -1.98. The monoisotopic (exact) mass is 361 g/mol. The number of halogens is 2. The van der Waals surface area contributed by atoms with E-state index in [1.165, 1.54) is 17.7 Å². The van der Waals surface area contributed by atoms with Crippen LogP contribution in [0.1, 0.15) is 42.5 Å². The molecule has 2 aromatic rings. The molecule has 1 aliphatic carbocycles. The maximum absolute atomic E-state index is 13.4. The summed E-state index contributed by atoms with van der Waals surface area (Å²) in [5, 5.41) is 13.9. The lowest BCUT2D eigenvalue weighted by Crippen LogP contribution is -2.39. The molecule has 0 aliphatic heterocycles. The molecule has 3 nitrogen and oxygen atoms in total. The van der Waals surface area contributed by atoms with Gasteiger partial charge in [0.1, 0.15) is 23.6 Å². The van der Waals surface area contributed by atoms with Crippen molar-refractivity contribution in [3.05, 3.63) is 64.7 Å². The van der Waals surface area contributed by atoms with E-state index in [2.05, 4.69) is 11.4 Å². The van der Waals surface area contributed by atoms with Crippen molar-refractivity contribution in [1.82, 2.24) is 5.32 Å². The number of hydrogen-bond donors (Lipinski definition) is 2. The normalized spacial score (nSPS) is 18.9. The lowest BCUT2D eigenvalue weighted by Gasteiger charge is -2.31. The summed E-state index contributed by atoms with van der Waals surface area (Å²) in [4.78, 5) is 0. The average molecular weight is 361 g/mol. The van der Waals surface area contributed by atoms with Crippen molar-refractivity contribution >= 4 is 0 Å². The molecular weight excluding hydrogens is 336 g/mol. The molecule has 0 saturated heterocycles. The molecule has 0 saturated carbocycles. The molecule has 140 valence electrons. The summed E-state index contributed by atoms with van der Waals surface area (Å²) in [6, 6.07) is 9.57. The van der Waals surface area contributed by atoms with Crippen LogP contribution in [0.4, 0.5) is 8.78 Å². The van der Waals surface area contributed by atoms with Gasteiger partial charge in [-0.25, -0.2) is 8.78 Å². The number of ether oxygens (including phenoxy) is 1. The van der Waals surface area contributed by atoms with Crippen molar-refractivity contribution in [3.63, 3.8) is 0 Å². The molecule has 5 heteroatoms. The smallest absolute Gasteiger partial charge is 0.126 e. The summed E-state index contributed by atoms with van der Waals surface area (Å²) >= 11 is 0. The van der Waals surface area contributed by atoms with E-state index in [0.717, 1.165) is 36.6 Å². The molecule has 0 fully saturated rings. The second-order valence-electron chi connectivity index (χ2n) is 7.08. The highest BCUT2D eigenvalue weighted by Crippen LogP contribution is 2.33. The minimum absolute atomic E-state index is 0.0375. The standard InChI is InChI=1S/C21H25F2NO2/c1-13(8-14-9-16(22)11-17(23)10-14)21(25)24-20-5-3-4-15-6-7-18(26-2)12-19(15)20/h6-7,9-13,20-21,24-25H,3-5,8H2,1-2H3. The third kappa shape index (κ3) is 4.40. The van der Waals surface area contributed by atoms with E-state index >= 15 is 0 Å². The molecule has 0 radical (unpaired) electrons. The average Bonchev–Trinajstić information content (AvgIpc) is 2.60. The van der Waals surface area contributed by atoms with Crippen LogP contribution in [0.5, 0.6) is 5.75 Å². The molecule has 0 aromatic heterocycles. The van der Waals surface area contributed by atoms with Gasteiger partial charge in [-0.05, 0) is 72.6 Å². The predicted octanol–water partition coefficient (Wildman–Crippen LogP) is 4.14. The van der Waals surface area contributed by atoms with Gasteiger partial charge in [-0.15, -0.1) is 0 Å². The lowest BCUT2D eigenvalue weighted by molar-refractivity contribution is 0.0671. The topological polar surface area (TPSA) is 41.5 Å². The molecule has 0 heterocycles. The SMILES string of the molecule is COc1ccc2c(c1)C(NC(O)C(C)Cc1cc(F)cc(F)c1)CCC2. The molecule has 3 atom stereocenters. The zero-order chi connectivity index (χ0) is 18.7. The molecule has 0 spiro atoms. The van der Waals surface area contributed by atoms with Crippen LogP contribution in [0.15, 0.2) is 36.4 Å². The van der Waals surface area contributed by atoms with Gasteiger partial charge in [0.15, 0.2) is 0 Å².